The molecule has 3 aromatic rings. The minimum absolute atomic E-state index is 0.284. The molecule has 9 heteroatoms. The molecule has 1 aromatic carbocycles. The maximum absolute atomic E-state index is 14.1. The van der Waals surface area contributed by atoms with Gasteiger partial charge in [-0.2, -0.15) is 15.2 Å². The zero-order valence-corrected chi connectivity index (χ0v) is 21.1. The van der Waals surface area contributed by atoms with Crippen LogP contribution in [0.5, 0.6) is 6.01 Å². The van der Waals surface area contributed by atoms with Gasteiger partial charge in [-0.1, -0.05) is 18.2 Å². The lowest BCUT2D eigenvalue weighted by Crippen LogP contribution is -2.28. The van der Waals surface area contributed by atoms with Crippen molar-refractivity contribution in [3.05, 3.63) is 82.7 Å². The summed E-state index contributed by atoms with van der Waals surface area (Å²) in [4.78, 5) is 17.5. The van der Waals surface area contributed by atoms with Crippen molar-refractivity contribution in [2.45, 2.75) is 45.8 Å². The van der Waals surface area contributed by atoms with Gasteiger partial charge in [0.25, 0.3) is 0 Å². The second kappa shape index (κ2) is 10.8. The number of nitriles is 1. The molecule has 1 atom stereocenters. The summed E-state index contributed by atoms with van der Waals surface area (Å²) in [6, 6.07) is 10.2. The van der Waals surface area contributed by atoms with Crippen molar-refractivity contribution in [1.82, 2.24) is 19.9 Å². The zero-order chi connectivity index (χ0) is 25.8. The maximum Gasteiger partial charge on any atom is 0.318 e. The van der Waals surface area contributed by atoms with Crippen LogP contribution < -0.4 is 15.0 Å². The van der Waals surface area contributed by atoms with Crippen molar-refractivity contribution in [3.63, 3.8) is 0 Å². The van der Waals surface area contributed by atoms with Gasteiger partial charge in [0.05, 0.1) is 30.1 Å². The number of fused-ring (bicyclic) bond motifs is 1. The molecule has 37 heavy (non-hydrogen) atoms. The number of allylic oxidation sites excluding steroid dienone is 1. The lowest BCUT2D eigenvalue weighted by molar-refractivity contribution is 0.312. The Bertz CT molecular complexity index is 1350. The van der Waals surface area contributed by atoms with Crippen molar-refractivity contribution >= 4 is 11.5 Å². The lowest BCUT2D eigenvalue weighted by Gasteiger charge is -2.27. The van der Waals surface area contributed by atoms with Gasteiger partial charge in [-0.15, -0.1) is 0 Å². The van der Waals surface area contributed by atoms with Gasteiger partial charge >= 0.3 is 6.01 Å². The van der Waals surface area contributed by atoms with E-state index in [4.69, 9.17) is 4.74 Å². The molecule has 0 fully saturated rings. The van der Waals surface area contributed by atoms with Crippen LogP contribution >= 0.6 is 0 Å². The Morgan fingerprint density at radius 1 is 1.24 bits per heavy atom. The number of ether oxygens (including phenoxy) is 1. The van der Waals surface area contributed by atoms with E-state index < -0.39 is 12.0 Å². The van der Waals surface area contributed by atoms with Crippen LogP contribution in [-0.2, 0) is 13.0 Å². The molecule has 4 heterocycles. The monoisotopic (exact) mass is 499 g/mol. The topological polar surface area (TPSA) is 90.2 Å². The molecular weight excluding hydrogens is 469 g/mol. The van der Waals surface area contributed by atoms with Gasteiger partial charge < -0.3 is 19.9 Å². The van der Waals surface area contributed by atoms with E-state index in [2.05, 4.69) is 49.6 Å². The molecule has 0 spiro atoms. The molecule has 0 aliphatic carbocycles. The summed E-state index contributed by atoms with van der Waals surface area (Å²) < 4.78 is 19.7. The molecule has 2 aromatic heterocycles. The average molecular weight is 500 g/mol. The van der Waals surface area contributed by atoms with Gasteiger partial charge in [-0.05, 0) is 62.6 Å². The van der Waals surface area contributed by atoms with Crippen LogP contribution in [-0.4, -0.2) is 39.5 Å². The zero-order valence-electron chi connectivity index (χ0n) is 21.1. The number of benzene rings is 1. The van der Waals surface area contributed by atoms with E-state index in [1.807, 2.05) is 30.9 Å². The summed E-state index contributed by atoms with van der Waals surface area (Å²) in [5.41, 5.74) is 4.74. The number of pyridine rings is 1. The summed E-state index contributed by atoms with van der Waals surface area (Å²) in [6.45, 7) is 6.59. The molecule has 5 rings (SSSR count). The van der Waals surface area contributed by atoms with Crippen LogP contribution in [0.1, 0.15) is 53.9 Å². The number of halogens is 1. The van der Waals surface area contributed by atoms with Crippen molar-refractivity contribution in [3.8, 4) is 12.1 Å². The van der Waals surface area contributed by atoms with Crippen LogP contribution in [0, 0.1) is 24.1 Å². The first-order valence-corrected chi connectivity index (χ1v) is 12.6. The number of hydrogen-bond acceptors (Lipinski definition) is 8. The van der Waals surface area contributed by atoms with Crippen molar-refractivity contribution < 1.29 is 9.13 Å². The standard InChI is InChI=1S/C28H30FN7O/c1-3-37-28-32-19(2)25-27(34-28)36(26(33-25)23-14-24(29)17-31-16-23)18-21-8-7-20(13-22(21)15-30)9-12-35-10-5-4-6-11-35/h5,7-8,10,13-14,16-17,26,33H,3-4,6,9,11-12,18H2,1-2H3. The van der Waals surface area contributed by atoms with Gasteiger partial charge in [-0.25, -0.2) is 4.39 Å². The highest BCUT2D eigenvalue weighted by Crippen LogP contribution is 2.43. The number of aromatic nitrogens is 3. The number of hydrogen-bond donors (Lipinski definition) is 1. The lowest BCUT2D eigenvalue weighted by atomic mass is 10.0. The molecule has 0 saturated heterocycles. The van der Waals surface area contributed by atoms with Crippen molar-refractivity contribution in [2.75, 3.05) is 29.9 Å². The molecule has 1 unspecified atom stereocenters. The third-order valence-electron chi connectivity index (χ3n) is 6.69. The largest absolute Gasteiger partial charge is 0.464 e. The maximum atomic E-state index is 14.1. The Morgan fingerprint density at radius 2 is 2.14 bits per heavy atom. The average Bonchev–Trinajstić information content (AvgIpc) is 3.27. The summed E-state index contributed by atoms with van der Waals surface area (Å²) in [6.07, 6.45) is 9.96. The highest BCUT2D eigenvalue weighted by molar-refractivity contribution is 5.75. The van der Waals surface area contributed by atoms with Crippen LogP contribution in [0.25, 0.3) is 0 Å². The van der Waals surface area contributed by atoms with E-state index in [0.29, 0.717) is 30.1 Å². The quantitative estimate of drug-likeness (QED) is 0.469. The number of anilines is 2. The van der Waals surface area contributed by atoms with Gasteiger partial charge in [0.2, 0.25) is 0 Å². The smallest absolute Gasteiger partial charge is 0.318 e. The van der Waals surface area contributed by atoms with Gasteiger partial charge in [0.15, 0.2) is 5.82 Å². The summed E-state index contributed by atoms with van der Waals surface area (Å²) in [7, 11) is 0. The van der Waals surface area contributed by atoms with E-state index >= 15 is 0 Å². The summed E-state index contributed by atoms with van der Waals surface area (Å²) in [5.74, 6) is 0.230. The fourth-order valence-electron chi connectivity index (χ4n) is 4.82. The number of nitrogens with zero attached hydrogens (tertiary/aromatic N) is 6. The predicted molar refractivity (Wildman–Crippen MR) is 139 cm³/mol. The molecular formula is C28H30FN7O. The fraction of sp³-hybridized carbons (Fsp3) is 0.357. The molecule has 8 nitrogen and oxygen atoms in total. The first kappa shape index (κ1) is 24.5. The van der Waals surface area contributed by atoms with Crippen LogP contribution in [0.2, 0.25) is 0 Å². The van der Waals surface area contributed by atoms with E-state index in [0.717, 1.165) is 48.4 Å². The number of nitrogens with one attached hydrogen (secondary N) is 1. The second-order valence-corrected chi connectivity index (χ2v) is 9.25. The van der Waals surface area contributed by atoms with Crippen molar-refractivity contribution in [1.29, 1.82) is 5.26 Å². The minimum atomic E-state index is -0.430. The molecule has 2 aliphatic rings. The van der Waals surface area contributed by atoms with E-state index in [-0.39, 0.29) is 6.01 Å². The van der Waals surface area contributed by atoms with E-state index in [1.165, 1.54) is 18.7 Å². The fourth-order valence-corrected chi connectivity index (χ4v) is 4.82. The Morgan fingerprint density at radius 3 is 2.89 bits per heavy atom. The third kappa shape index (κ3) is 5.33. The van der Waals surface area contributed by atoms with E-state index in [9.17, 15) is 9.65 Å². The van der Waals surface area contributed by atoms with Crippen LogP contribution in [0.15, 0.2) is 48.9 Å². The Balaban J connectivity index is 1.45. The number of aryl methyl sites for hydroxylation is 1. The second-order valence-electron chi connectivity index (χ2n) is 9.25. The number of rotatable bonds is 8. The summed E-state index contributed by atoms with van der Waals surface area (Å²) >= 11 is 0. The first-order chi connectivity index (χ1) is 18.1. The molecule has 0 bridgehead atoms. The Labute approximate surface area is 216 Å². The highest BCUT2D eigenvalue weighted by atomic mass is 19.1. The molecule has 1 N–H and O–H groups in total. The Kier molecular flexibility index (Phi) is 7.17. The predicted octanol–water partition coefficient (Wildman–Crippen LogP) is 4.87. The van der Waals surface area contributed by atoms with Crippen molar-refractivity contribution in [2.24, 2.45) is 0 Å². The first-order valence-electron chi connectivity index (χ1n) is 12.6. The minimum Gasteiger partial charge on any atom is -0.464 e. The third-order valence-corrected chi connectivity index (χ3v) is 6.69. The molecule has 190 valence electrons. The Hall–Kier alpha value is -4.19. The highest BCUT2D eigenvalue weighted by Gasteiger charge is 2.34. The van der Waals surface area contributed by atoms with Gasteiger partial charge in [0, 0.05) is 31.4 Å². The van der Waals surface area contributed by atoms with Crippen LogP contribution in [0.4, 0.5) is 15.9 Å². The summed E-state index contributed by atoms with van der Waals surface area (Å²) in [5, 5.41) is 13.4. The molecule has 0 amide bonds. The molecule has 0 saturated carbocycles. The molecule has 0 radical (unpaired) electrons. The van der Waals surface area contributed by atoms with E-state index in [1.54, 1.807) is 6.20 Å². The van der Waals surface area contributed by atoms with Crippen LogP contribution in [0.3, 0.4) is 0 Å². The molecule has 2 aliphatic heterocycles. The van der Waals surface area contributed by atoms with Gasteiger partial charge in [0.1, 0.15) is 17.7 Å². The SMILES string of the molecule is CCOc1nc(C)c2c(n1)N(Cc1ccc(CCN3C=CCCC3)cc1C#N)C(c1cncc(F)c1)N2. The normalized spacial score (nSPS) is 16.3. The van der Waals surface area contributed by atoms with Gasteiger partial charge in [-0.3, -0.25) is 4.98 Å².